The molecule has 0 amide bonds. The summed E-state index contributed by atoms with van der Waals surface area (Å²) < 4.78 is 18.7. The Labute approximate surface area is 127 Å². The van der Waals surface area contributed by atoms with Crippen LogP contribution in [-0.2, 0) is 0 Å². The fraction of sp³-hybridized carbons (Fsp3) is 0.400. The molecular formula is C15H19FN3OS+. The van der Waals surface area contributed by atoms with E-state index in [-0.39, 0.29) is 11.6 Å². The topological polar surface area (TPSA) is 29.8 Å². The minimum absolute atomic E-state index is 0.260. The Kier molecular flexibility index (Phi) is 4.07. The van der Waals surface area contributed by atoms with Gasteiger partial charge in [0.2, 0.25) is 0 Å². The molecule has 1 aliphatic heterocycles. The zero-order valence-electron chi connectivity index (χ0n) is 12.2. The molecule has 1 fully saturated rings. The summed E-state index contributed by atoms with van der Waals surface area (Å²) in [5, 5.41) is 3.01. The number of hydrogen-bond donors (Lipinski definition) is 1. The number of ether oxygens (including phenoxy) is 1. The van der Waals surface area contributed by atoms with Crippen LogP contribution in [0, 0.1) is 5.82 Å². The maximum Gasteiger partial charge on any atom is 0.186 e. The summed E-state index contributed by atoms with van der Waals surface area (Å²) in [7, 11) is 3.68. The summed E-state index contributed by atoms with van der Waals surface area (Å²) in [6.07, 6.45) is 0. The van der Waals surface area contributed by atoms with Gasteiger partial charge in [-0.25, -0.2) is 9.37 Å². The van der Waals surface area contributed by atoms with Crippen molar-refractivity contribution in [2.45, 2.75) is 0 Å². The van der Waals surface area contributed by atoms with E-state index in [0.29, 0.717) is 0 Å². The fourth-order valence-corrected chi connectivity index (χ4v) is 3.34. The minimum atomic E-state index is -0.354. The second-order valence-electron chi connectivity index (χ2n) is 5.31. The average Bonchev–Trinajstić information content (AvgIpc) is 2.98. The lowest BCUT2D eigenvalue weighted by atomic mass is 10.1. The minimum Gasteiger partial charge on any atom is -0.494 e. The van der Waals surface area contributed by atoms with Crippen molar-refractivity contribution in [1.29, 1.82) is 0 Å². The molecule has 4 nitrogen and oxygen atoms in total. The van der Waals surface area contributed by atoms with Crippen LogP contribution >= 0.6 is 11.3 Å². The van der Waals surface area contributed by atoms with Crippen LogP contribution in [0.2, 0.25) is 0 Å². The number of quaternary nitrogens is 1. The first-order valence-corrected chi connectivity index (χ1v) is 7.91. The lowest BCUT2D eigenvalue weighted by Gasteiger charge is -2.29. The highest BCUT2D eigenvalue weighted by molar-refractivity contribution is 7.14. The number of nitrogens with zero attached hydrogens (tertiary/aromatic N) is 2. The van der Waals surface area contributed by atoms with Crippen molar-refractivity contribution in [1.82, 2.24) is 4.98 Å². The molecule has 1 aromatic carbocycles. The number of rotatable bonds is 3. The SMILES string of the molecule is COc1ccc(-c2csc(N3CC[NH+](C)CC3)n2)cc1F. The van der Waals surface area contributed by atoms with Crippen LogP contribution in [0.15, 0.2) is 23.6 Å². The third-order valence-corrected chi connectivity index (χ3v) is 4.73. The van der Waals surface area contributed by atoms with E-state index < -0.39 is 0 Å². The van der Waals surface area contributed by atoms with Gasteiger partial charge in [-0.3, -0.25) is 0 Å². The van der Waals surface area contributed by atoms with Crippen molar-refractivity contribution in [3.05, 3.63) is 29.4 Å². The van der Waals surface area contributed by atoms with Crippen molar-refractivity contribution in [2.24, 2.45) is 0 Å². The molecule has 2 aromatic rings. The van der Waals surface area contributed by atoms with E-state index in [9.17, 15) is 4.39 Å². The predicted octanol–water partition coefficient (Wildman–Crippen LogP) is 1.29. The zero-order chi connectivity index (χ0) is 14.8. The number of methoxy groups -OCH3 is 1. The van der Waals surface area contributed by atoms with Gasteiger partial charge < -0.3 is 14.5 Å². The first kappa shape index (κ1) is 14.3. The molecule has 0 saturated carbocycles. The molecular weight excluding hydrogens is 289 g/mol. The number of likely N-dealkylation sites (N-methyl/N-ethyl adjacent to an activating group) is 1. The van der Waals surface area contributed by atoms with Gasteiger partial charge >= 0.3 is 0 Å². The van der Waals surface area contributed by atoms with Gasteiger partial charge in [0.25, 0.3) is 0 Å². The molecule has 3 rings (SSSR count). The molecule has 0 unspecified atom stereocenters. The van der Waals surface area contributed by atoms with E-state index in [1.54, 1.807) is 22.3 Å². The number of piperazine rings is 1. The maximum atomic E-state index is 13.8. The molecule has 1 N–H and O–H groups in total. The van der Waals surface area contributed by atoms with Crippen LogP contribution in [0.3, 0.4) is 0 Å². The number of halogens is 1. The first-order chi connectivity index (χ1) is 10.2. The first-order valence-electron chi connectivity index (χ1n) is 7.03. The smallest absolute Gasteiger partial charge is 0.186 e. The van der Waals surface area contributed by atoms with Crippen LogP contribution in [0.5, 0.6) is 5.75 Å². The summed E-state index contributed by atoms with van der Waals surface area (Å²) >= 11 is 1.62. The van der Waals surface area contributed by atoms with Crippen LogP contribution in [0.25, 0.3) is 11.3 Å². The lowest BCUT2D eigenvalue weighted by Crippen LogP contribution is -3.12. The molecule has 2 heterocycles. The molecule has 6 heteroatoms. The lowest BCUT2D eigenvalue weighted by molar-refractivity contribution is -0.880. The normalized spacial score (nSPS) is 16.2. The van der Waals surface area contributed by atoms with Crippen molar-refractivity contribution in [2.75, 3.05) is 45.2 Å². The monoisotopic (exact) mass is 308 g/mol. The second-order valence-corrected chi connectivity index (χ2v) is 6.15. The summed E-state index contributed by atoms with van der Waals surface area (Å²) in [4.78, 5) is 8.52. The number of anilines is 1. The van der Waals surface area contributed by atoms with Gasteiger partial charge in [-0.15, -0.1) is 11.3 Å². The Morgan fingerprint density at radius 2 is 2.10 bits per heavy atom. The molecule has 1 aliphatic rings. The van der Waals surface area contributed by atoms with Gasteiger partial charge in [0.1, 0.15) is 0 Å². The van der Waals surface area contributed by atoms with E-state index in [1.807, 2.05) is 11.4 Å². The van der Waals surface area contributed by atoms with Gasteiger partial charge in [-0.1, -0.05) is 0 Å². The Hall–Kier alpha value is -1.66. The van der Waals surface area contributed by atoms with Gasteiger partial charge in [0, 0.05) is 10.9 Å². The molecule has 1 aromatic heterocycles. The molecule has 21 heavy (non-hydrogen) atoms. The highest BCUT2D eigenvalue weighted by atomic mass is 32.1. The standard InChI is InChI=1S/C15H18FN3OS/c1-18-5-7-19(8-6-18)15-17-13(10-21-15)11-3-4-14(20-2)12(16)9-11/h3-4,9-10H,5-8H2,1-2H3/p+1. The molecule has 0 radical (unpaired) electrons. The maximum absolute atomic E-state index is 13.8. The average molecular weight is 308 g/mol. The van der Waals surface area contributed by atoms with Crippen LogP contribution in [0.1, 0.15) is 0 Å². The Balaban J connectivity index is 1.80. The molecule has 0 aliphatic carbocycles. The Morgan fingerprint density at radius 3 is 2.76 bits per heavy atom. The van der Waals surface area contributed by atoms with E-state index in [1.165, 1.54) is 13.2 Å². The number of benzene rings is 1. The molecule has 0 spiro atoms. The molecule has 1 saturated heterocycles. The highest BCUT2D eigenvalue weighted by Gasteiger charge is 2.19. The molecule has 0 atom stereocenters. The van der Waals surface area contributed by atoms with Crippen molar-refractivity contribution in [3.8, 4) is 17.0 Å². The van der Waals surface area contributed by atoms with Crippen molar-refractivity contribution < 1.29 is 14.0 Å². The number of thiazole rings is 1. The largest absolute Gasteiger partial charge is 0.494 e. The van der Waals surface area contributed by atoms with Gasteiger partial charge in [-0.2, -0.15) is 0 Å². The van der Waals surface area contributed by atoms with E-state index >= 15 is 0 Å². The van der Waals surface area contributed by atoms with Crippen molar-refractivity contribution >= 4 is 16.5 Å². The predicted molar refractivity (Wildman–Crippen MR) is 82.9 cm³/mol. The van der Waals surface area contributed by atoms with Gasteiger partial charge in [-0.05, 0) is 18.2 Å². The van der Waals surface area contributed by atoms with E-state index in [0.717, 1.165) is 42.6 Å². The van der Waals surface area contributed by atoms with E-state index in [2.05, 4.69) is 16.9 Å². The second kappa shape index (κ2) is 5.99. The third-order valence-electron chi connectivity index (χ3n) is 3.83. The summed E-state index contributed by atoms with van der Waals surface area (Å²) in [5.41, 5.74) is 1.61. The summed E-state index contributed by atoms with van der Waals surface area (Å²) in [6, 6.07) is 4.96. The molecule has 112 valence electrons. The molecule has 0 bridgehead atoms. The zero-order valence-corrected chi connectivity index (χ0v) is 13.0. The quantitative estimate of drug-likeness (QED) is 0.927. The fourth-order valence-electron chi connectivity index (χ4n) is 2.45. The highest BCUT2D eigenvalue weighted by Crippen LogP contribution is 2.29. The van der Waals surface area contributed by atoms with Gasteiger partial charge in [0.15, 0.2) is 16.7 Å². The Bertz CT molecular complexity index is 623. The number of aromatic nitrogens is 1. The van der Waals surface area contributed by atoms with Crippen LogP contribution < -0.4 is 14.5 Å². The van der Waals surface area contributed by atoms with Crippen molar-refractivity contribution in [3.63, 3.8) is 0 Å². The number of hydrogen-bond acceptors (Lipinski definition) is 4. The van der Waals surface area contributed by atoms with E-state index in [4.69, 9.17) is 4.74 Å². The third kappa shape index (κ3) is 3.01. The summed E-state index contributed by atoms with van der Waals surface area (Å²) in [6.45, 7) is 4.31. The van der Waals surface area contributed by atoms with Gasteiger partial charge in [0.05, 0.1) is 46.0 Å². The number of nitrogens with one attached hydrogen (secondary N) is 1. The summed E-state index contributed by atoms with van der Waals surface area (Å²) in [5.74, 6) is -0.0935. The van der Waals surface area contributed by atoms with Crippen LogP contribution in [0.4, 0.5) is 9.52 Å². The Morgan fingerprint density at radius 1 is 1.33 bits per heavy atom. The van der Waals surface area contributed by atoms with Crippen LogP contribution in [-0.4, -0.2) is 45.3 Å².